The minimum Gasteiger partial charge on any atom is -0.497 e. The van der Waals surface area contributed by atoms with Crippen LogP contribution < -0.4 is 9.47 Å². The summed E-state index contributed by atoms with van der Waals surface area (Å²) in [6, 6.07) is 8.58. The van der Waals surface area contributed by atoms with Gasteiger partial charge in [0.2, 0.25) is 5.91 Å². The normalized spacial score (nSPS) is 21.5. The first-order valence-electron chi connectivity index (χ1n) is 10.4. The number of furan rings is 1. The molecule has 8 nitrogen and oxygen atoms in total. The standard InChI is InChI=1S/C23H28N2O6/c1-23(2,28)14-24-12-15-13-31-19-11-16(29-3)6-7-17(19)21(15)25(9-8-20(24)26)22(27)18-5-4-10-30-18/h4-7,10-11,15,21,28H,8-9,12-14H2,1-3H3/t15-,21-/m0/s1. The Labute approximate surface area is 181 Å². The number of β-amino-alcohol motifs (C(OH)–C–C–N with tert-alkyl or cyclic N) is 1. The molecule has 166 valence electrons. The van der Waals surface area contributed by atoms with Crippen LogP contribution in [0.3, 0.4) is 0 Å². The van der Waals surface area contributed by atoms with Crippen LogP contribution in [0.5, 0.6) is 11.5 Å². The average Bonchev–Trinajstić information content (AvgIpc) is 3.26. The quantitative estimate of drug-likeness (QED) is 0.804. The number of fused-ring (bicyclic) bond motifs is 3. The molecule has 1 aromatic heterocycles. The van der Waals surface area contributed by atoms with Gasteiger partial charge in [-0.05, 0) is 38.1 Å². The Morgan fingerprint density at radius 2 is 2.13 bits per heavy atom. The predicted molar refractivity (Wildman–Crippen MR) is 112 cm³/mol. The SMILES string of the molecule is COc1ccc2c(c1)OC[C@@H]1CN(CC(C)(C)O)C(=O)CCN(C(=O)c3ccco3)[C@H]21. The number of ether oxygens (including phenoxy) is 2. The second kappa shape index (κ2) is 8.26. The van der Waals surface area contributed by atoms with Gasteiger partial charge in [0.05, 0.1) is 31.6 Å². The van der Waals surface area contributed by atoms with E-state index in [2.05, 4.69) is 0 Å². The van der Waals surface area contributed by atoms with Crippen molar-refractivity contribution in [2.24, 2.45) is 5.92 Å². The van der Waals surface area contributed by atoms with Crippen LogP contribution in [-0.4, -0.2) is 65.7 Å². The van der Waals surface area contributed by atoms with Crippen LogP contribution in [-0.2, 0) is 4.79 Å². The number of hydrogen-bond acceptors (Lipinski definition) is 6. The Morgan fingerprint density at radius 1 is 1.32 bits per heavy atom. The summed E-state index contributed by atoms with van der Waals surface area (Å²) in [4.78, 5) is 29.6. The highest BCUT2D eigenvalue weighted by atomic mass is 16.5. The van der Waals surface area contributed by atoms with Gasteiger partial charge in [0, 0.05) is 43.6 Å². The molecule has 2 aliphatic heterocycles. The van der Waals surface area contributed by atoms with Gasteiger partial charge in [-0.25, -0.2) is 0 Å². The summed E-state index contributed by atoms with van der Waals surface area (Å²) >= 11 is 0. The lowest BCUT2D eigenvalue weighted by molar-refractivity contribution is -0.137. The van der Waals surface area contributed by atoms with Crippen LogP contribution in [0.2, 0.25) is 0 Å². The van der Waals surface area contributed by atoms with E-state index in [1.165, 1.54) is 6.26 Å². The van der Waals surface area contributed by atoms with E-state index in [1.807, 2.05) is 18.2 Å². The molecule has 0 aliphatic carbocycles. The molecule has 2 atom stereocenters. The van der Waals surface area contributed by atoms with E-state index in [9.17, 15) is 14.7 Å². The van der Waals surface area contributed by atoms with E-state index < -0.39 is 5.60 Å². The number of carbonyl (C=O) groups is 2. The Bertz CT molecular complexity index is 949. The first-order valence-corrected chi connectivity index (χ1v) is 10.4. The summed E-state index contributed by atoms with van der Waals surface area (Å²) < 4.78 is 16.7. The third-order valence-electron chi connectivity index (χ3n) is 5.72. The number of amides is 2. The van der Waals surface area contributed by atoms with Gasteiger partial charge in [-0.2, -0.15) is 0 Å². The van der Waals surface area contributed by atoms with Crippen molar-refractivity contribution >= 4 is 11.8 Å². The molecular formula is C23H28N2O6. The molecule has 0 bridgehead atoms. The van der Waals surface area contributed by atoms with Crippen molar-refractivity contribution in [2.75, 3.05) is 33.4 Å². The number of rotatable bonds is 4. The van der Waals surface area contributed by atoms with E-state index in [0.717, 1.165) is 5.56 Å². The van der Waals surface area contributed by atoms with Gasteiger partial charge in [-0.1, -0.05) is 0 Å². The lowest BCUT2D eigenvalue weighted by Crippen LogP contribution is -2.53. The van der Waals surface area contributed by atoms with Crippen molar-refractivity contribution < 1.29 is 28.6 Å². The zero-order valence-corrected chi connectivity index (χ0v) is 18.0. The molecule has 8 heteroatoms. The molecule has 1 aromatic carbocycles. The van der Waals surface area contributed by atoms with Crippen molar-refractivity contribution in [2.45, 2.75) is 31.9 Å². The highest BCUT2D eigenvalue weighted by molar-refractivity contribution is 5.92. The zero-order valence-electron chi connectivity index (χ0n) is 18.0. The molecule has 0 spiro atoms. The van der Waals surface area contributed by atoms with Crippen LogP contribution in [0.15, 0.2) is 41.0 Å². The van der Waals surface area contributed by atoms with Crippen LogP contribution >= 0.6 is 0 Å². The number of methoxy groups -OCH3 is 1. The summed E-state index contributed by atoms with van der Waals surface area (Å²) in [5.41, 5.74) is -0.149. The Morgan fingerprint density at radius 3 is 2.81 bits per heavy atom. The molecule has 31 heavy (non-hydrogen) atoms. The summed E-state index contributed by atoms with van der Waals surface area (Å²) in [6.07, 6.45) is 1.63. The van der Waals surface area contributed by atoms with Crippen LogP contribution in [0.4, 0.5) is 0 Å². The molecule has 4 rings (SSSR count). The lowest BCUT2D eigenvalue weighted by Gasteiger charge is -2.45. The molecule has 2 amide bonds. The van der Waals surface area contributed by atoms with Crippen molar-refractivity contribution in [1.29, 1.82) is 0 Å². The van der Waals surface area contributed by atoms with Gasteiger partial charge in [-0.3, -0.25) is 9.59 Å². The molecule has 0 saturated carbocycles. The summed E-state index contributed by atoms with van der Waals surface area (Å²) in [6.45, 7) is 4.54. The van der Waals surface area contributed by atoms with Crippen LogP contribution in [0.25, 0.3) is 0 Å². The summed E-state index contributed by atoms with van der Waals surface area (Å²) in [5.74, 6) is 1.06. The molecule has 0 radical (unpaired) electrons. The first kappa shape index (κ1) is 21.2. The fraction of sp³-hybridized carbons (Fsp3) is 0.478. The van der Waals surface area contributed by atoms with Crippen molar-refractivity contribution in [1.82, 2.24) is 9.80 Å². The smallest absolute Gasteiger partial charge is 0.290 e. The fourth-order valence-electron chi connectivity index (χ4n) is 4.42. The lowest BCUT2D eigenvalue weighted by atomic mass is 9.87. The molecule has 2 aliphatic rings. The van der Waals surface area contributed by atoms with E-state index in [-0.39, 0.29) is 49.0 Å². The Kier molecular flexibility index (Phi) is 5.66. The van der Waals surface area contributed by atoms with Gasteiger partial charge < -0.3 is 28.8 Å². The Hall–Kier alpha value is -3.00. The maximum absolute atomic E-state index is 13.3. The maximum Gasteiger partial charge on any atom is 0.290 e. The topological polar surface area (TPSA) is 92.5 Å². The fourth-order valence-corrected chi connectivity index (χ4v) is 4.42. The molecule has 2 aromatic rings. The largest absolute Gasteiger partial charge is 0.497 e. The minimum absolute atomic E-state index is 0.0988. The highest BCUT2D eigenvalue weighted by Crippen LogP contribution is 2.43. The maximum atomic E-state index is 13.3. The first-order chi connectivity index (χ1) is 14.8. The van der Waals surface area contributed by atoms with Crippen LogP contribution in [0, 0.1) is 5.92 Å². The number of benzene rings is 1. The molecular weight excluding hydrogens is 400 g/mol. The summed E-state index contributed by atoms with van der Waals surface area (Å²) in [5, 5.41) is 10.3. The second-order valence-corrected chi connectivity index (χ2v) is 8.73. The van der Waals surface area contributed by atoms with Gasteiger partial charge in [-0.15, -0.1) is 0 Å². The highest BCUT2D eigenvalue weighted by Gasteiger charge is 2.42. The van der Waals surface area contributed by atoms with Crippen molar-refractivity contribution in [3.63, 3.8) is 0 Å². The summed E-state index contributed by atoms with van der Waals surface area (Å²) in [7, 11) is 1.59. The van der Waals surface area contributed by atoms with Crippen molar-refractivity contribution in [3.8, 4) is 11.5 Å². The van der Waals surface area contributed by atoms with Crippen molar-refractivity contribution in [3.05, 3.63) is 47.9 Å². The number of aliphatic hydroxyl groups is 1. The van der Waals surface area contributed by atoms with Gasteiger partial charge in [0.25, 0.3) is 5.91 Å². The molecule has 0 unspecified atom stereocenters. The third-order valence-corrected chi connectivity index (χ3v) is 5.72. The zero-order chi connectivity index (χ0) is 22.2. The van der Waals surface area contributed by atoms with Gasteiger partial charge in [0.15, 0.2) is 5.76 Å². The number of hydrogen-bond donors (Lipinski definition) is 1. The average molecular weight is 428 g/mol. The molecule has 3 heterocycles. The van der Waals surface area contributed by atoms with Crippen LogP contribution in [0.1, 0.15) is 42.4 Å². The molecule has 1 fully saturated rings. The second-order valence-electron chi connectivity index (χ2n) is 8.73. The van der Waals surface area contributed by atoms with E-state index >= 15 is 0 Å². The monoisotopic (exact) mass is 428 g/mol. The Balaban J connectivity index is 1.74. The number of nitrogens with zero attached hydrogens (tertiary/aromatic N) is 2. The molecule has 1 saturated heterocycles. The number of carbonyl (C=O) groups excluding carboxylic acids is 2. The predicted octanol–water partition coefficient (Wildman–Crippen LogP) is 2.48. The third kappa shape index (κ3) is 4.39. The molecule has 1 N–H and O–H groups in total. The minimum atomic E-state index is -1.02. The van der Waals surface area contributed by atoms with Gasteiger partial charge in [0.1, 0.15) is 11.5 Å². The van der Waals surface area contributed by atoms with Gasteiger partial charge >= 0.3 is 0 Å². The van der Waals surface area contributed by atoms with E-state index in [1.54, 1.807) is 42.9 Å². The van der Waals surface area contributed by atoms with E-state index in [0.29, 0.717) is 24.7 Å². The van der Waals surface area contributed by atoms with E-state index in [4.69, 9.17) is 13.9 Å².